The molecule has 1 fully saturated rings. The van der Waals surface area contributed by atoms with Gasteiger partial charge in [-0.2, -0.15) is 0 Å². The van der Waals surface area contributed by atoms with Gasteiger partial charge in [-0.25, -0.2) is 9.78 Å². The van der Waals surface area contributed by atoms with Crippen LogP contribution in [-0.4, -0.2) is 22.1 Å². The summed E-state index contributed by atoms with van der Waals surface area (Å²) in [6.07, 6.45) is 4.01. The molecule has 0 bridgehead atoms. The third-order valence-electron chi connectivity index (χ3n) is 3.23. The van der Waals surface area contributed by atoms with Crippen LogP contribution >= 0.6 is 0 Å². The molecule has 1 amide bonds. The van der Waals surface area contributed by atoms with Crippen LogP contribution in [-0.2, 0) is 11.3 Å². The Morgan fingerprint density at radius 2 is 2.26 bits per heavy atom. The smallest absolute Gasteiger partial charge is 0.407 e. The summed E-state index contributed by atoms with van der Waals surface area (Å²) in [6, 6.07) is 9.79. The van der Waals surface area contributed by atoms with E-state index in [-0.39, 0.29) is 12.1 Å². The molecule has 2 atom stereocenters. The first-order valence-electron chi connectivity index (χ1n) is 6.28. The maximum Gasteiger partial charge on any atom is 0.407 e. The fourth-order valence-corrected chi connectivity index (χ4v) is 2.08. The fraction of sp³-hybridized carbons (Fsp3) is 0.286. The number of aromatic nitrogens is 2. The molecule has 5 nitrogen and oxygen atoms in total. The zero-order valence-corrected chi connectivity index (χ0v) is 10.4. The van der Waals surface area contributed by atoms with E-state index in [2.05, 4.69) is 15.3 Å². The number of H-pyrrole nitrogens is 1. The summed E-state index contributed by atoms with van der Waals surface area (Å²) >= 11 is 0. The van der Waals surface area contributed by atoms with Crippen molar-refractivity contribution in [3.8, 4) is 0 Å². The number of imidazole rings is 1. The molecule has 3 rings (SSSR count). The number of nitrogens with one attached hydrogen (secondary N) is 2. The Hall–Kier alpha value is -2.30. The topological polar surface area (TPSA) is 67.0 Å². The number of benzene rings is 1. The van der Waals surface area contributed by atoms with E-state index in [0.29, 0.717) is 12.5 Å². The Morgan fingerprint density at radius 3 is 3.00 bits per heavy atom. The molecule has 0 unspecified atom stereocenters. The third-order valence-corrected chi connectivity index (χ3v) is 3.23. The van der Waals surface area contributed by atoms with Crippen molar-refractivity contribution in [2.24, 2.45) is 0 Å². The third kappa shape index (κ3) is 2.93. The fourth-order valence-electron chi connectivity index (χ4n) is 2.08. The molecule has 0 saturated heterocycles. The van der Waals surface area contributed by atoms with Crippen LogP contribution < -0.4 is 5.32 Å². The van der Waals surface area contributed by atoms with E-state index in [1.807, 2.05) is 30.3 Å². The molecule has 0 aliphatic heterocycles. The Balaban J connectivity index is 1.43. The molecule has 1 aliphatic carbocycles. The summed E-state index contributed by atoms with van der Waals surface area (Å²) in [4.78, 5) is 18.7. The number of carbonyl (C=O) groups excluding carboxylic acids is 1. The van der Waals surface area contributed by atoms with Gasteiger partial charge in [-0.15, -0.1) is 0 Å². The summed E-state index contributed by atoms with van der Waals surface area (Å²) in [5.74, 6) is 0.340. The van der Waals surface area contributed by atoms with Crippen molar-refractivity contribution in [1.82, 2.24) is 15.3 Å². The lowest BCUT2D eigenvalue weighted by molar-refractivity contribution is 0.139. The predicted molar refractivity (Wildman–Crippen MR) is 69.5 cm³/mol. The highest BCUT2D eigenvalue weighted by atomic mass is 16.5. The number of hydrogen-bond donors (Lipinski definition) is 2. The maximum absolute atomic E-state index is 11.6. The van der Waals surface area contributed by atoms with Crippen LogP contribution in [0.1, 0.15) is 23.6 Å². The van der Waals surface area contributed by atoms with Crippen molar-refractivity contribution in [3.63, 3.8) is 0 Å². The quantitative estimate of drug-likeness (QED) is 0.882. The number of nitrogens with zero attached hydrogens (tertiary/aromatic N) is 1. The van der Waals surface area contributed by atoms with E-state index in [4.69, 9.17) is 4.74 Å². The minimum absolute atomic E-state index is 0.156. The molecule has 5 heteroatoms. The number of rotatable bonds is 4. The average Bonchev–Trinajstić information content (AvgIpc) is 2.99. The van der Waals surface area contributed by atoms with Gasteiger partial charge in [0.25, 0.3) is 0 Å². The highest BCUT2D eigenvalue weighted by Crippen LogP contribution is 2.39. The van der Waals surface area contributed by atoms with Gasteiger partial charge in [0, 0.05) is 23.9 Å². The second-order valence-corrected chi connectivity index (χ2v) is 4.66. The SMILES string of the molecule is O=C(N[C@@H]1C[C@H]1c1cnc[nH]1)OCc1ccccc1. The first-order valence-corrected chi connectivity index (χ1v) is 6.28. The lowest BCUT2D eigenvalue weighted by Gasteiger charge is -2.06. The van der Waals surface area contributed by atoms with Gasteiger partial charge < -0.3 is 15.0 Å². The van der Waals surface area contributed by atoms with E-state index in [1.165, 1.54) is 0 Å². The molecular formula is C14H15N3O2. The Labute approximate surface area is 111 Å². The molecule has 1 saturated carbocycles. The lowest BCUT2D eigenvalue weighted by Crippen LogP contribution is -2.27. The summed E-state index contributed by atoms with van der Waals surface area (Å²) in [6.45, 7) is 0.300. The molecule has 1 aliphatic rings. The number of hydrogen-bond acceptors (Lipinski definition) is 3. The van der Waals surface area contributed by atoms with E-state index < -0.39 is 0 Å². The van der Waals surface area contributed by atoms with Gasteiger partial charge in [-0.3, -0.25) is 0 Å². The molecule has 0 radical (unpaired) electrons. The van der Waals surface area contributed by atoms with Gasteiger partial charge >= 0.3 is 6.09 Å². The van der Waals surface area contributed by atoms with Crippen LogP contribution in [0.5, 0.6) is 0 Å². The van der Waals surface area contributed by atoms with Gasteiger partial charge in [0.2, 0.25) is 0 Å². The highest BCUT2D eigenvalue weighted by Gasteiger charge is 2.40. The maximum atomic E-state index is 11.6. The molecule has 98 valence electrons. The molecule has 1 heterocycles. The number of carbonyl (C=O) groups is 1. The first kappa shape index (κ1) is 11.8. The second-order valence-electron chi connectivity index (χ2n) is 4.66. The minimum Gasteiger partial charge on any atom is -0.445 e. The van der Waals surface area contributed by atoms with E-state index in [1.54, 1.807) is 12.5 Å². The summed E-state index contributed by atoms with van der Waals surface area (Å²) in [7, 11) is 0. The van der Waals surface area contributed by atoms with Crippen molar-refractivity contribution in [3.05, 3.63) is 54.1 Å². The van der Waals surface area contributed by atoms with Crippen molar-refractivity contribution in [2.75, 3.05) is 0 Å². The number of ether oxygens (including phenoxy) is 1. The zero-order valence-electron chi connectivity index (χ0n) is 10.4. The second kappa shape index (κ2) is 5.14. The monoisotopic (exact) mass is 257 g/mol. The van der Waals surface area contributed by atoms with Gasteiger partial charge in [0.05, 0.1) is 6.33 Å². The van der Waals surface area contributed by atoms with E-state index in [0.717, 1.165) is 17.7 Å². The summed E-state index contributed by atoms with van der Waals surface area (Å²) < 4.78 is 5.17. The van der Waals surface area contributed by atoms with Crippen molar-refractivity contribution < 1.29 is 9.53 Å². The average molecular weight is 257 g/mol. The Morgan fingerprint density at radius 1 is 1.42 bits per heavy atom. The standard InChI is InChI=1S/C14H15N3O2/c18-14(19-8-10-4-2-1-3-5-10)17-12-6-11(12)13-7-15-9-16-13/h1-5,7,9,11-12H,6,8H2,(H,15,16)(H,17,18)/t11-,12-/m1/s1. The van der Waals surface area contributed by atoms with Gasteiger partial charge in [0.15, 0.2) is 0 Å². The minimum atomic E-state index is -0.365. The van der Waals surface area contributed by atoms with Gasteiger partial charge in [-0.05, 0) is 12.0 Å². The van der Waals surface area contributed by atoms with Crippen LogP contribution in [0.2, 0.25) is 0 Å². The van der Waals surface area contributed by atoms with Gasteiger partial charge in [-0.1, -0.05) is 30.3 Å². The van der Waals surface area contributed by atoms with E-state index in [9.17, 15) is 4.79 Å². The first-order chi connectivity index (χ1) is 9.33. The molecule has 2 N–H and O–H groups in total. The highest BCUT2D eigenvalue weighted by molar-refractivity contribution is 5.68. The van der Waals surface area contributed by atoms with Crippen LogP contribution in [0.4, 0.5) is 4.79 Å². The normalized spacial score (nSPS) is 20.8. The number of aromatic amines is 1. The Kier molecular flexibility index (Phi) is 3.18. The van der Waals surface area contributed by atoms with Crippen LogP contribution in [0.3, 0.4) is 0 Å². The molecule has 1 aromatic carbocycles. The Bertz CT molecular complexity index is 539. The lowest BCUT2D eigenvalue weighted by atomic mass is 10.2. The zero-order chi connectivity index (χ0) is 13.1. The molecule has 19 heavy (non-hydrogen) atoms. The number of alkyl carbamates (subject to hydrolysis) is 1. The van der Waals surface area contributed by atoms with Crippen LogP contribution in [0, 0.1) is 0 Å². The summed E-state index contributed by atoms with van der Waals surface area (Å²) in [5, 5.41) is 2.85. The summed E-state index contributed by atoms with van der Waals surface area (Å²) in [5.41, 5.74) is 2.05. The van der Waals surface area contributed by atoms with Gasteiger partial charge in [0.1, 0.15) is 6.61 Å². The molecule has 1 aromatic heterocycles. The van der Waals surface area contributed by atoms with Crippen LogP contribution in [0.15, 0.2) is 42.9 Å². The van der Waals surface area contributed by atoms with Crippen molar-refractivity contribution >= 4 is 6.09 Å². The largest absolute Gasteiger partial charge is 0.445 e. The van der Waals surface area contributed by atoms with E-state index >= 15 is 0 Å². The molecule has 0 spiro atoms. The molecular weight excluding hydrogens is 242 g/mol. The van der Waals surface area contributed by atoms with Crippen molar-refractivity contribution in [2.45, 2.75) is 25.0 Å². The number of amides is 1. The predicted octanol–water partition coefficient (Wildman–Crippen LogP) is 2.19. The molecule has 2 aromatic rings. The van der Waals surface area contributed by atoms with Crippen molar-refractivity contribution in [1.29, 1.82) is 0 Å². The van der Waals surface area contributed by atoms with Crippen LogP contribution in [0.25, 0.3) is 0 Å².